The van der Waals surface area contributed by atoms with E-state index in [1.165, 1.54) is 0 Å². The van der Waals surface area contributed by atoms with Gasteiger partial charge in [-0.2, -0.15) is 0 Å². The molecular weight excluding hydrogens is 342 g/mol. The van der Waals surface area contributed by atoms with Gasteiger partial charge in [-0.3, -0.25) is 9.79 Å². The van der Waals surface area contributed by atoms with Crippen molar-refractivity contribution in [1.29, 1.82) is 0 Å². The zero-order valence-corrected chi connectivity index (χ0v) is 14.7. The molecule has 3 rings (SSSR count). The Kier molecular flexibility index (Phi) is 5.77. The fraction of sp³-hybridized carbons (Fsp3) is 0.222. The van der Waals surface area contributed by atoms with Crippen LogP contribution in [0, 0.1) is 0 Å². The standard InChI is InChI=1S/C18H18ClN3OS/c19-14-6-7-16(20-10-11-24-18-21-8-9-22-18)15(12-14)17(23)13-4-2-1-3-5-13/h1-7,12,20H,8-11H2,(H,21,22). The molecule has 0 radical (unpaired) electrons. The monoisotopic (exact) mass is 359 g/mol. The van der Waals surface area contributed by atoms with Crippen molar-refractivity contribution in [2.45, 2.75) is 0 Å². The third-order valence-electron chi connectivity index (χ3n) is 3.56. The summed E-state index contributed by atoms with van der Waals surface area (Å²) >= 11 is 7.77. The number of anilines is 1. The molecule has 1 aliphatic rings. The van der Waals surface area contributed by atoms with Gasteiger partial charge in [0, 0.05) is 40.7 Å². The molecule has 2 aromatic rings. The van der Waals surface area contributed by atoms with Crippen molar-refractivity contribution in [3.63, 3.8) is 0 Å². The molecule has 2 aromatic carbocycles. The SMILES string of the molecule is O=C(c1ccccc1)c1cc(Cl)ccc1NCCSC1=NCCN1. The molecule has 0 atom stereocenters. The topological polar surface area (TPSA) is 53.5 Å². The lowest BCUT2D eigenvalue weighted by atomic mass is 10.0. The van der Waals surface area contributed by atoms with E-state index in [0.29, 0.717) is 16.1 Å². The molecule has 0 fully saturated rings. The first-order valence-electron chi connectivity index (χ1n) is 7.78. The van der Waals surface area contributed by atoms with E-state index in [0.717, 1.165) is 36.2 Å². The quantitative estimate of drug-likeness (QED) is 0.610. The van der Waals surface area contributed by atoms with Gasteiger partial charge in [0.25, 0.3) is 0 Å². The summed E-state index contributed by atoms with van der Waals surface area (Å²) in [5.74, 6) is 0.836. The Labute approximate surface area is 150 Å². The van der Waals surface area contributed by atoms with E-state index >= 15 is 0 Å². The Morgan fingerprint density at radius 3 is 2.83 bits per heavy atom. The minimum atomic E-state index is -0.0323. The number of thioether (sulfide) groups is 1. The molecule has 0 bridgehead atoms. The van der Waals surface area contributed by atoms with Gasteiger partial charge in [-0.1, -0.05) is 53.7 Å². The molecule has 1 aliphatic heterocycles. The van der Waals surface area contributed by atoms with E-state index in [9.17, 15) is 4.79 Å². The summed E-state index contributed by atoms with van der Waals surface area (Å²) in [6.45, 7) is 2.51. The first kappa shape index (κ1) is 16.9. The van der Waals surface area contributed by atoms with Crippen LogP contribution in [-0.4, -0.2) is 36.3 Å². The third kappa shape index (κ3) is 4.30. The normalized spacial score (nSPS) is 13.3. The summed E-state index contributed by atoms with van der Waals surface area (Å²) in [6, 6.07) is 14.6. The highest BCUT2D eigenvalue weighted by molar-refractivity contribution is 8.13. The number of rotatable bonds is 6. The van der Waals surface area contributed by atoms with Crippen LogP contribution < -0.4 is 10.6 Å². The van der Waals surface area contributed by atoms with Gasteiger partial charge in [0.1, 0.15) is 0 Å². The molecule has 6 heteroatoms. The zero-order chi connectivity index (χ0) is 16.8. The van der Waals surface area contributed by atoms with E-state index in [2.05, 4.69) is 15.6 Å². The molecule has 0 amide bonds. The van der Waals surface area contributed by atoms with Crippen LogP contribution in [0.5, 0.6) is 0 Å². The molecule has 2 N–H and O–H groups in total. The lowest BCUT2D eigenvalue weighted by molar-refractivity contribution is 0.103. The maximum atomic E-state index is 12.7. The van der Waals surface area contributed by atoms with Crippen LogP contribution in [0.4, 0.5) is 5.69 Å². The van der Waals surface area contributed by atoms with Crippen molar-refractivity contribution in [1.82, 2.24) is 5.32 Å². The second kappa shape index (κ2) is 8.22. The first-order chi connectivity index (χ1) is 11.7. The lowest BCUT2D eigenvalue weighted by Gasteiger charge is -2.12. The Bertz CT molecular complexity index is 749. The van der Waals surface area contributed by atoms with E-state index in [4.69, 9.17) is 11.6 Å². The average molecular weight is 360 g/mol. The number of carbonyl (C=O) groups excluding carboxylic acids is 1. The Morgan fingerprint density at radius 1 is 1.25 bits per heavy atom. The van der Waals surface area contributed by atoms with E-state index < -0.39 is 0 Å². The van der Waals surface area contributed by atoms with Crippen molar-refractivity contribution < 1.29 is 4.79 Å². The van der Waals surface area contributed by atoms with Gasteiger partial charge >= 0.3 is 0 Å². The number of aliphatic imine (C=N–C) groups is 1. The summed E-state index contributed by atoms with van der Waals surface area (Å²) in [4.78, 5) is 17.1. The molecule has 0 saturated heterocycles. The smallest absolute Gasteiger partial charge is 0.195 e. The molecule has 24 heavy (non-hydrogen) atoms. The predicted octanol–water partition coefficient (Wildman–Crippen LogP) is 3.68. The second-order valence-corrected chi connectivity index (χ2v) is 6.79. The second-order valence-electron chi connectivity index (χ2n) is 5.27. The summed E-state index contributed by atoms with van der Waals surface area (Å²) in [5, 5.41) is 8.11. The Hall–Kier alpha value is -1.98. The van der Waals surface area contributed by atoms with Gasteiger partial charge in [0.15, 0.2) is 11.0 Å². The van der Waals surface area contributed by atoms with Gasteiger partial charge in [0.2, 0.25) is 0 Å². The molecule has 1 heterocycles. The highest BCUT2D eigenvalue weighted by Gasteiger charge is 2.14. The lowest BCUT2D eigenvalue weighted by Crippen LogP contribution is -2.17. The zero-order valence-electron chi connectivity index (χ0n) is 13.1. The summed E-state index contributed by atoms with van der Waals surface area (Å²) in [5.41, 5.74) is 2.05. The van der Waals surface area contributed by atoms with Gasteiger partial charge in [0.05, 0.1) is 6.54 Å². The molecule has 0 unspecified atom stereocenters. The van der Waals surface area contributed by atoms with Gasteiger partial charge in [-0.25, -0.2) is 0 Å². The van der Waals surface area contributed by atoms with Crippen molar-refractivity contribution in [3.8, 4) is 0 Å². The van der Waals surface area contributed by atoms with Gasteiger partial charge in [-0.05, 0) is 18.2 Å². The summed E-state index contributed by atoms with van der Waals surface area (Å²) in [7, 11) is 0. The Balaban J connectivity index is 1.67. The molecule has 0 aliphatic carbocycles. The van der Waals surface area contributed by atoms with Gasteiger partial charge < -0.3 is 10.6 Å². The van der Waals surface area contributed by atoms with E-state index in [1.807, 2.05) is 36.4 Å². The first-order valence-corrected chi connectivity index (χ1v) is 9.15. The Morgan fingerprint density at radius 2 is 2.08 bits per heavy atom. The number of halogens is 1. The van der Waals surface area contributed by atoms with Crippen molar-refractivity contribution in [3.05, 3.63) is 64.7 Å². The highest BCUT2D eigenvalue weighted by atomic mass is 35.5. The van der Waals surface area contributed by atoms with Crippen molar-refractivity contribution in [2.75, 3.05) is 30.7 Å². The number of benzene rings is 2. The number of carbonyl (C=O) groups is 1. The fourth-order valence-electron chi connectivity index (χ4n) is 2.41. The molecule has 0 aromatic heterocycles. The van der Waals surface area contributed by atoms with Crippen LogP contribution in [-0.2, 0) is 0 Å². The maximum absolute atomic E-state index is 12.7. The third-order valence-corrected chi connectivity index (χ3v) is 4.75. The van der Waals surface area contributed by atoms with Crippen LogP contribution in [0.25, 0.3) is 0 Å². The molecule has 4 nitrogen and oxygen atoms in total. The molecular formula is C18H18ClN3OS. The largest absolute Gasteiger partial charge is 0.384 e. The number of ketones is 1. The van der Waals surface area contributed by atoms with Crippen molar-refractivity contribution >= 4 is 40.0 Å². The number of hydrogen-bond donors (Lipinski definition) is 2. The molecule has 0 saturated carbocycles. The molecule has 0 spiro atoms. The predicted molar refractivity (Wildman–Crippen MR) is 103 cm³/mol. The van der Waals surface area contributed by atoms with Crippen LogP contribution >= 0.6 is 23.4 Å². The van der Waals surface area contributed by atoms with Crippen LogP contribution in [0.15, 0.2) is 53.5 Å². The maximum Gasteiger partial charge on any atom is 0.195 e. The molecule has 124 valence electrons. The highest BCUT2D eigenvalue weighted by Crippen LogP contribution is 2.23. The average Bonchev–Trinajstić information content (AvgIpc) is 3.13. The van der Waals surface area contributed by atoms with E-state index in [1.54, 1.807) is 23.9 Å². The number of amidine groups is 1. The fourth-order valence-corrected chi connectivity index (χ4v) is 3.37. The van der Waals surface area contributed by atoms with E-state index in [-0.39, 0.29) is 5.78 Å². The summed E-state index contributed by atoms with van der Waals surface area (Å²) in [6.07, 6.45) is 0. The number of hydrogen-bond acceptors (Lipinski definition) is 5. The minimum Gasteiger partial charge on any atom is -0.384 e. The number of nitrogens with one attached hydrogen (secondary N) is 2. The van der Waals surface area contributed by atoms with Crippen LogP contribution in [0.3, 0.4) is 0 Å². The van der Waals surface area contributed by atoms with Gasteiger partial charge in [-0.15, -0.1) is 0 Å². The van der Waals surface area contributed by atoms with Crippen molar-refractivity contribution in [2.24, 2.45) is 4.99 Å². The summed E-state index contributed by atoms with van der Waals surface area (Å²) < 4.78 is 0. The number of nitrogens with zero attached hydrogens (tertiary/aromatic N) is 1. The van der Waals surface area contributed by atoms with Crippen LogP contribution in [0.1, 0.15) is 15.9 Å². The van der Waals surface area contributed by atoms with Crippen LogP contribution in [0.2, 0.25) is 5.02 Å². The minimum absolute atomic E-state index is 0.0323.